The van der Waals surface area contributed by atoms with Gasteiger partial charge in [-0.15, -0.1) is 0 Å². The van der Waals surface area contributed by atoms with Crippen molar-refractivity contribution in [3.05, 3.63) is 35.4 Å². The van der Waals surface area contributed by atoms with Gasteiger partial charge in [-0.25, -0.2) is 0 Å². The summed E-state index contributed by atoms with van der Waals surface area (Å²) in [6, 6.07) is 7.99. The van der Waals surface area contributed by atoms with Crippen LogP contribution in [-0.4, -0.2) is 48.9 Å². The monoisotopic (exact) mass is 318 g/mol. The Morgan fingerprint density at radius 1 is 1.30 bits per heavy atom. The third kappa shape index (κ3) is 5.39. The molecule has 1 aromatic rings. The zero-order chi connectivity index (χ0) is 16.7. The molecule has 1 N–H and O–H groups in total. The van der Waals surface area contributed by atoms with Crippen molar-refractivity contribution in [1.29, 1.82) is 0 Å². The molecule has 1 saturated heterocycles. The fraction of sp³-hybridized carbons (Fsp3) is 0.471. The Morgan fingerprint density at radius 2 is 2.09 bits per heavy atom. The summed E-state index contributed by atoms with van der Waals surface area (Å²) < 4.78 is 4.90. The van der Waals surface area contributed by atoms with Gasteiger partial charge in [0.1, 0.15) is 6.54 Å². The van der Waals surface area contributed by atoms with Crippen LogP contribution in [0.5, 0.6) is 0 Å². The second kappa shape index (κ2) is 8.31. The van der Waals surface area contributed by atoms with E-state index < -0.39 is 5.97 Å². The van der Waals surface area contributed by atoms with Gasteiger partial charge in [0.2, 0.25) is 5.91 Å². The highest BCUT2D eigenvalue weighted by atomic mass is 16.5. The van der Waals surface area contributed by atoms with Crippen LogP contribution in [0.4, 0.5) is 0 Å². The van der Waals surface area contributed by atoms with E-state index in [0.717, 1.165) is 12.8 Å². The molecule has 0 bridgehead atoms. The highest BCUT2D eigenvalue weighted by molar-refractivity contribution is 5.85. The number of ether oxygens (including phenoxy) is 1. The van der Waals surface area contributed by atoms with Crippen LogP contribution in [0.1, 0.15) is 24.0 Å². The van der Waals surface area contributed by atoms with Gasteiger partial charge in [0.25, 0.3) is 5.91 Å². The average molecular weight is 318 g/mol. The number of hydrogen-bond donors (Lipinski definition) is 1. The predicted octanol–water partition coefficient (Wildman–Crippen LogP) is 0.819. The summed E-state index contributed by atoms with van der Waals surface area (Å²) in [4.78, 5) is 36.1. The molecule has 1 fully saturated rings. The molecule has 1 heterocycles. The molecule has 0 spiro atoms. The van der Waals surface area contributed by atoms with E-state index in [2.05, 4.69) is 5.32 Å². The fourth-order valence-corrected chi connectivity index (χ4v) is 2.50. The van der Waals surface area contributed by atoms with Gasteiger partial charge in [0, 0.05) is 19.5 Å². The molecule has 1 aromatic carbocycles. The van der Waals surface area contributed by atoms with Crippen molar-refractivity contribution in [1.82, 2.24) is 10.2 Å². The van der Waals surface area contributed by atoms with Crippen LogP contribution in [0.25, 0.3) is 0 Å². The summed E-state index contributed by atoms with van der Waals surface area (Å²) in [5.74, 6) is -0.918. The molecule has 1 aliphatic heterocycles. The summed E-state index contributed by atoms with van der Waals surface area (Å²) in [5.41, 5.74) is 2.36. The smallest absolute Gasteiger partial charge is 0.326 e. The maximum absolute atomic E-state index is 11.7. The highest BCUT2D eigenvalue weighted by Gasteiger charge is 2.23. The minimum atomic E-state index is -0.547. The van der Waals surface area contributed by atoms with E-state index in [4.69, 9.17) is 4.74 Å². The molecular weight excluding hydrogens is 296 g/mol. The van der Waals surface area contributed by atoms with Gasteiger partial charge in [-0.2, -0.15) is 0 Å². The molecule has 0 radical (unpaired) electrons. The standard InChI is InChI=1S/C17H22N2O4/c1-13-5-2-3-6-14(13)8-9-18-15(20)12-23-17(22)11-19-10-4-7-16(19)21/h2-3,5-6H,4,7-12H2,1H3,(H,18,20). The number of benzene rings is 1. The van der Waals surface area contributed by atoms with Crippen molar-refractivity contribution in [3.63, 3.8) is 0 Å². The van der Waals surface area contributed by atoms with Crippen molar-refractivity contribution >= 4 is 17.8 Å². The van der Waals surface area contributed by atoms with Crippen LogP contribution in [0, 0.1) is 6.92 Å². The van der Waals surface area contributed by atoms with E-state index in [-0.39, 0.29) is 25.0 Å². The quantitative estimate of drug-likeness (QED) is 0.755. The maximum Gasteiger partial charge on any atom is 0.326 e. The van der Waals surface area contributed by atoms with Crippen LogP contribution in [-0.2, 0) is 25.5 Å². The Bertz CT molecular complexity index is 586. The lowest BCUT2D eigenvalue weighted by molar-refractivity contribution is -0.151. The largest absolute Gasteiger partial charge is 0.454 e. The van der Waals surface area contributed by atoms with Crippen molar-refractivity contribution in [3.8, 4) is 0 Å². The Kier molecular flexibility index (Phi) is 6.14. The van der Waals surface area contributed by atoms with Crippen LogP contribution in [0.2, 0.25) is 0 Å². The number of aryl methyl sites for hydroxylation is 1. The number of carbonyl (C=O) groups excluding carboxylic acids is 3. The number of rotatable bonds is 7. The Balaban J connectivity index is 1.62. The van der Waals surface area contributed by atoms with Crippen LogP contribution in [0.15, 0.2) is 24.3 Å². The van der Waals surface area contributed by atoms with E-state index in [0.29, 0.717) is 19.5 Å². The van der Waals surface area contributed by atoms with E-state index in [1.807, 2.05) is 31.2 Å². The summed E-state index contributed by atoms with van der Waals surface area (Å²) in [7, 11) is 0. The summed E-state index contributed by atoms with van der Waals surface area (Å²) in [6.45, 7) is 2.71. The second-order valence-corrected chi connectivity index (χ2v) is 5.61. The van der Waals surface area contributed by atoms with Gasteiger partial charge in [0.15, 0.2) is 6.61 Å². The first-order chi connectivity index (χ1) is 11.1. The molecule has 0 unspecified atom stereocenters. The van der Waals surface area contributed by atoms with E-state index >= 15 is 0 Å². The number of amides is 2. The molecule has 124 valence electrons. The molecule has 23 heavy (non-hydrogen) atoms. The predicted molar refractivity (Wildman–Crippen MR) is 84.7 cm³/mol. The Morgan fingerprint density at radius 3 is 2.78 bits per heavy atom. The summed E-state index contributed by atoms with van der Waals surface area (Å²) in [5, 5.41) is 2.72. The normalized spacial score (nSPS) is 14.0. The lowest BCUT2D eigenvalue weighted by atomic mass is 10.1. The van der Waals surface area contributed by atoms with Gasteiger partial charge >= 0.3 is 5.97 Å². The summed E-state index contributed by atoms with van der Waals surface area (Å²) >= 11 is 0. The summed E-state index contributed by atoms with van der Waals surface area (Å²) in [6.07, 6.45) is 1.98. The van der Waals surface area contributed by atoms with Gasteiger partial charge < -0.3 is 15.0 Å². The molecule has 2 amide bonds. The Hall–Kier alpha value is -2.37. The lowest BCUT2D eigenvalue weighted by Crippen LogP contribution is -2.35. The van der Waals surface area contributed by atoms with E-state index in [9.17, 15) is 14.4 Å². The third-order valence-electron chi connectivity index (χ3n) is 3.83. The average Bonchev–Trinajstić information content (AvgIpc) is 2.92. The number of likely N-dealkylation sites (tertiary alicyclic amines) is 1. The van der Waals surface area contributed by atoms with Crippen LogP contribution in [0.3, 0.4) is 0 Å². The molecule has 0 saturated carbocycles. The molecule has 2 rings (SSSR count). The van der Waals surface area contributed by atoms with Gasteiger partial charge in [-0.1, -0.05) is 24.3 Å². The number of nitrogens with one attached hydrogen (secondary N) is 1. The molecule has 6 nitrogen and oxygen atoms in total. The SMILES string of the molecule is Cc1ccccc1CCNC(=O)COC(=O)CN1CCCC1=O. The molecule has 1 aliphatic rings. The van der Waals surface area contributed by atoms with E-state index in [1.165, 1.54) is 16.0 Å². The number of carbonyl (C=O) groups is 3. The topological polar surface area (TPSA) is 75.7 Å². The first-order valence-electron chi connectivity index (χ1n) is 7.81. The minimum absolute atomic E-state index is 0.0374. The molecule has 0 aromatic heterocycles. The molecular formula is C17H22N2O4. The third-order valence-corrected chi connectivity index (χ3v) is 3.83. The molecule has 0 aliphatic carbocycles. The van der Waals surface area contributed by atoms with Crippen LogP contribution < -0.4 is 5.32 Å². The zero-order valence-corrected chi connectivity index (χ0v) is 13.3. The first-order valence-corrected chi connectivity index (χ1v) is 7.81. The molecule has 0 atom stereocenters. The van der Waals surface area contributed by atoms with Crippen LogP contribution >= 0.6 is 0 Å². The van der Waals surface area contributed by atoms with Crippen molar-refractivity contribution in [2.75, 3.05) is 26.2 Å². The number of nitrogens with zero attached hydrogens (tertiary/aromatic N) is 1. The molecule has 6 heteroatoms. The zero-order valence-electron chi connectivity index (χ0n) is 13.3. The minimum Gasteiger partial charge on any atom is -0.454 e. The van der Waals surface area contributed by atoms with Gasteiger partial charge in [-0.05, 0) is 30.9 Å². The Labute approximate surface area is 135 Å². The lowest BCUT2D eigenvalue weighted by Gasteiger charge is -2.14. The van der Waals surface area contributed by atoms with Crippen molar-refractivity contribution in [2.24, 2.45) is 0 Å². The second-order valence-electron chi connectivity index (χ2n) is 5.61. The highest BCUT2D eigenvalue weighted by Crippen LogP contribution is 2.09. The van der Waals surface area contributed by atoms with Crippen molar-refractivity contribution < 1.29 is 19.1 Å². The maximum atomic E-state index is 11.7. The number of hydrogen-bond acceptors (Lipinski definition) is 4. The first kappa shape index (κ1) is 17.0. The number of esters is 1. The van der Waals surface area contributed by atoms with Gasteiger partial charge in [0.05, 0.1) is 0 Å². The van der Waals surface area contributed by atoms with Gasteiger partial charge in [-0.3, -0.25) is 14.4 Å². The van der Waals surface area contributed by atoms with Crippen molar-refractivity contribution in [2.45, 2.75) is 26.2 Å². The van der Waals surface area contributed by atoms with E-state index in [1.54, 1.807) is 0 Å². The fourth-order valence-electron chi connectivity index (χ4n) is 2.50.